The van der Waals surface area contributed by atoms with Crippen LogP contribution in [0.3, 0.4) is 0 Å². The van der Waals surface area contributed by atoms with E-state index in [1.54, 1.807) is 24.0 Å². The van der Waals surface area contributed by atoms with Crippen LogP contribution in [0.5, 0.6) is 0 Å². The van der Waals surface area contributed by atoms with Gasteiger partial charge in [-0.15, -0.1) is 0 Å². The minimum absolute atomic E-state index is 0.103. The minimum Gasteiger partial charge on any atom is -0.393 e. The number of amides is 1. The minimum atomic E-state index is -0.360. The number of rotatable bonds is 4. The van der Waals surface area contributed by atoms with Crippen molar-refractivity contribution in [2.24, 2.45) is 13.0 Å². The van der Waals surface area contributed by atoms with E-state index in [0.717, 1.165) is 35.0 Å². The van der Waals surface area contributed by atoms with Gasteiger partial charge < -0.3 is 14.6 Å². The van der Waals surface area contributed by atoms with Gasteiger partial charge >= 0.3 is 0 Å². The number of aliphatic hydroxyl groups is 1. The number of nitriles is 1. The third-order valence-corrected chi connectivity index (χ3v) is 7.67. The second kappa shape index (κ2) is 9.38. The lowest BCUT2D eigenvalue weighted by molar-refractivity contribution is 0.0521. The molecule has 0 radical (unpaired) electrons. The molecule has 7 heteroatoms. The van der Waals surface area contributed by atoms with E-state index in [1.165, 1.54) is 0 Å². The molecule has 4 rings (SSSR count). The van der Waals surface area contributed by atoms with Gasteiger partial charge in [-0.25, -0.2) is 0 Å². The molecule has 0 aliphatic carbocycles. The molecule has 2 aromatic carbocycles. The van der Waals surface area contributed by atoms with Crippen LogP contribution in [0.4, 0.5) is 0 Å². The molecule has 1 fully saturated rings. The van der Waals surface area contributed by atoms with Crippen LogP contribution >= 0.6 is 23.2 Å². The SMILES string of the molecule is Cc1cc(C#N)cc2c1cc(Cc1c(Cl)ccc(C(=O)N3CCC(C(C)O)CC3)c1Cl)n2C. The molecule has 1 amide bonds. The van der Waals surface area contributed by atoms with E-state index in [0.29, 0.717) is 46.2 Å². The van der Waals surface area contributed by atoms with Crippen molar-refractivity contribution in [1.82, 2.24) is 9.47 Å². The molecule has 1 aliphatic rings. The highest BCUT2D eigenvalue weighted by molar-refractivity contribution is 6.38. The fourth-order valence-electron chi connectivity index (χ4n) is 4.76. The number of likely N-dealkylation sites (tertiary alicyclic amines) is 1. The van der Waals surface area contributed by atoms with Gasteiger partial charge in [-0.3, -0.25) is 4.79 Å². The Kier molecular flexibility index (Phi) is 6.72. The van der Waals surface area contributed by atoms with Crippen molar-refractivity contribution in [3.05, 3.63) is 68.3 Å². The average Bonchev–Trinajstić information content (AvgIpc) is 3.12. The fourth-order valence-corrected chi connectivity index (χ4v) is 5.34. The molecule has 1 aromatic heterocycles. The summed E-state index contributed by atoms with van der Waals surface area (Å²) in [6, 6.07) is 11.5. The molecular formula is C26H27Cl2N3O2. The number of aryl methyl sites for hydroxylation is 2. The molecule has 3 aromatic rings. The van der Waals surface area contributed by atoms with Crippen molar-refractivity contribution in [2.45, 2.75) is 39.2 Å². The molecule has 33 heavy (non-hydrogen) atoms. The Morgan fingerprint density at radius 3 is 2.58 bits per heavy atom. The Balaban J connectivity index is 1.65. The maximum absolute atomic E-state index is 13.2. The predicted molar refractivity (Wildman–Crippen MR) is 132 cm³/mol. The van der Waals surface area contributed by atoms with Crippen molar-refractivity contribution >= 4 is 40.0 Å². The van der Waals surface area contributed by atoms with Gasteiger partial charge in [0.15, 0.2) is 0 Å². The monoisotopic (exact) mass is 483 g/mol. The molecule has 0 bridgehead atoms. The lowest BCUT2D eigenvalue weighted by Gasteiger charge is -2.33. The van der Waals surface area contributed by atoms with Gasteiger partial charge in [0.2, 0.25) is 0 Å². The van der Waals surface area contributed by atoms with Gasteiger partial charge in [0.05, 0.1) is 28.3 Å². The van der Waals surface area contributed by atoms with E-state index in [4.69, 9.17) is 23.2 Å². The number of nitrogens with zero attached hydrogens (tertiary/aromatic N) is 3. The van der Waals surface area contributed by atoms with Crippen molar-refractivity contribution in [3.8, 4) is 6.07 Å². The largest absolute Gasteiger partial charge is 0.393 e. The normalized spacial score (nSPS) is 15.6. The molecule has 0 spiro atoms. The number of aliphatic hydroxyl groups excluding tert-OH is 1. The second-order valence-corrected chi connectivity index (χ2v) is 9.75. The van der Waals surface area contributed by atoms with Crippen LogP contribution in [-0.2, 0) is 13.5 Å². The van der Waals surface area contributed by atoms with Gasteiger partial charge in [0.25, 0.3) is 5.91 Å². The van der Waals surface area contributed by atoms with Gasteiger partial charge in [0.1, 0.15) is 0 Å². The first kappa shape index (κ1) is 23.6. The summed E-state index contributed by atoms with van der Waals surface area (Å²) in [5.41, 5.74) is 4.79. The lowest BCUT2D eigenvalue weighted by Crippen LogP contribution is -2.40. The molecular weight excluding hydrogens is 457 g/mol. The molecule has 1 saturated heterocycles. The second-order valence-electron chi connectivity index (χ2n) is 8.97. The summed E-state index contributed by atoms with van der Waals surface area (Å²) < 4.78 is 2.05. The standard InChI is InChI=1S/C26H27Cl2N3O2/c1-15-10-17(14-29)11-24-21(15)12-19(30(24)3)13-22-23(27)5-4-20(25(22)28)26(33)31-8-6-18(7-9-31)16(2)32/h4-5,10-12,16,18,32H,6-9,13H2,1-3H3. The Bertz CT molecular complexity index is 1270. The number of piperidine rings is 1. The predicted octanol–water partition coefficient (Wildman–Crippen LogP) is 5.49. The molecule has 1 N–H and O–H groups in total. The van der Waals surface area contributed by atoms with Crippen LogP contribution in [0, 0.1) is 24.2 Å². The first-order chi connectivity index (χ1) is 15.7. The zero-order valence-electron chi connectivity index (χ0n) is 19.0. The molecule has 5 nitrogen and oxygen atoms in total. The molecule has 1 unspecified atom stereocenters. The number of halogens is 2. The van der Waals surface area contributed by atoms with Crippen LogP contribution < -0.4 is 0 Å². The molecule has 1 atom stereocenters. The van der Waals surface area contributed by atoms with Crippen LogP contribution in [0.15, 0.2) is 30.3 Å². The smallest absolute Gasteiger partial charge is 0.255 e. The molecule has 2 heterocycles. The average molecular weight is 484 g/mol. The van der Waals surface area contributed by atoms with Crippen LogP contribution in [-0.4, -0.2) is 39.7 Å². The van der Waals surface area contributed by atoms with Gasteiger partial charge in [-0.2, -0.15) is 5.26 Å². The molecule has 0 saturated carbocycles. The van der Waals surface area contributed by atoms with Gasteiger partial charge in [-0.05, 0) is 74.1 Å². The third-order valence-electron chi connectivity index (χ3n) is 6.88. The topological polar surface area (TPSA) is 69.3 Å². The first-order valence-electron chi connectivity index (χ1n) is 11.1. The Hall–Kier alpha value is -2.52. The van der Waals surface area contributed by atoms with Crippen molar-refractivity contribution in [3.63, 3.8) is 0 Å². The Morgan fingerprint density at radius 1 is 1.24 bits per heavy atom. The Morgan fingerprint density at radius 2 is 1.94 bits per heavy atom. The third kappa shape index (κ3) is 4.48. The number of fused-ring (bicyclic) bond motifs is 1. The van der Waals surface area contributed by atoms with Crippen molar-refractivity contribution in [2.75, 3.05) is 13.1 Å². The first-order valence-corrected chi connectivity index (χ1v) is 11.9. The number of carbonyl (C=O) groups excluding carboxylic acids is 1. The number of hydrogen-bond donors (Lipinski definition) is 1. The summed E-state index contributed by atoms with van der Waals surface area (Å²) in [7, 11) is 1.96. The van der Waals surface area contributed by atoms with E-state index in [-0.39, 0.29) is 17.9 Å². The number of hydrogen-bond acceptors (Lipinski definition) is 3. The highest BCUT2D eigenvalue weighted by Gasteiger charge is 2.28. The lowest BCUT2D eigenvalue weighted by atomic mass is 9.92. The summed E-state index contributed by atoms with van der Waals surface area (Å²) in [4.78, 5) is 15.0. The van der Waals surface area contributed by atoms with E-state index in [1.807, 2.05) is 30.7 Å². The maximum atomic E-state index is 13.2. The summed E-state index contributed by atoms with van der Waals surface area (Å²) in [6.07, 6.45) is 1.67. The Labute approximate surface area is 204 Å². The van der Waals surface area contributed by atoms with Crippen LogP contribution in [0.2, 0.25) is 10.0 Å². The fraction of sp³-hybridized carbons (Fsp3) is 0.385. The summed E-state index contributed by atoms with van der Waals surface area (Å²) in [5, 5.41) is 21.1. The summed E-state index contributed by atoms with van der Waals surface area (Å²) in [5.74, 6) is 0.121. The van der Waals surface area contributed by atoms with E-state index in [9.17, 15) is 15.2 Å². The summed E-state index contributed by atoms with van der Waals surface area (Å²) >= 11 is 13.3. The zero-order valence-corrected chi connectivity index (χ0v) is 20.5. The number of aromatic nitrogens is 1. The van der Waals surface area contributed by atoms with Crippen molar-refractivity contribution < 1.29 is 9.90 Å². The van der Waals surface area contributed by atoms with Crippen LogP contribution in [0.1, 0.15) is 52.5 Å². The number of benzene rings is 2. The molecule has 1 aliphatic heterocycles. The van der Waals surface area contributed by atoms with Gasteiger partial charge in [0, 0.05) is 48.2 Å². The zero-order chi connectivity index (χ0) is 23.9. The van der Waals surface area contributed by atoms with Gasteiger partial charge in [-0.1, -0.05) is 23.2 Å². The van der Waals surface area contributed by atoms with Crippen molar-refractivity contribution in [1.29, 1.82) is 5.26 Å². The highest BCUT2D eigenvalue weighted by Crippen LogP contribution is 2.34. The maximum Gasteiger partial charge on any atom is 0.255 e. The summed E-state index contributed by atoms with van der Waals surface area (Å²) in [6.45, 7) is 5.01. The van der Waals surface area contributed by atoms with E-state index in [2.05, 4.69) is 12.1 Å². The molecule has 172 valence electrons. The van der Waals surface area contributed by atoms with E-state index < -0.39 is 0 Å². The van der Waals surface area contributed by atoms with E-state index >= 15 is 0 Å². The quantitative estimate of drug-likeness (QED) is 0.533. The van der Waals surface area contributed by atoms with Crippen LogP contribution in [0.25, 0.3) is 10.9 Å². The number of carbonyl (C=O) groups is 1. The highest BCUT2D eigenvalue weighted by atomic mass is 35.5.